The van der Waals surface area contributed by atoms with Gasteiger partial charge in [0.05, 0.1) is 13.0 Å². The quantitative estimate of drug-likeness (QED) is 0.569. The first-order valence-corrected chi connectivity index (χ1v) is 3.92. The van der Waals surface area contributed by atoms with E-state index in [0.29, 0.717) is 6.42 Å². The van der Waals surface area contributed by atoms with Crippen LogP contribution in [0.5, 0.6) is 0 Å². The molecular weight excluding hydrogens is 160 g/mol. The van der Waals surface area contributed by atoms with E-state index >= 15 is 0 Å². The van der Waals surface area contributed by atoms with Gasteiger partial charge in [-0.15, -0.1) is 0 Å². The number of carbonyl (C=O) groups is 2. The van der Waals surface area contributed by atoms with Crippen molar-refractivity contribution in [2.24, 2.45) is 5.92 Å². The second-order valence-corrected chi connectivity index (χ2v) is 2.96. The first-order valence-electron chi connectivity index (χ1n) is 3.92. The van der Waals surface area contributed by atoms with Gasteiger partial charge in [-0.3, -0.25) is 9.59 Å². The van der Waals surface area contributed by atoms with Crippen molar-refractivity contribution >= 4 is 11.9 Å². The number of hydrogen-bond donors (Lipinski definition) is 0. The Morgan fingerprint density at radius 3 is 2.83 bits per heavy atom. The molecule has 0 aromatic rings. The van der Waals surface area contributed by atoms with Gasteiger partial charge in [0.15, 0.2) is 0 Å². The molecule has 0 bridgehead atoms. The maximum Gasteiger partial charge on any atom is 0.306 e. The van der Waals surface area contributed by atoms with E-state index in [4.69, 9.17) is 9.47 Å². The summed E-state index contributed by atoms with van der Waals surface area (Å²) in [5.74, 6) is -0.498. The Hall–Kier alpha value is -1.06. The summed E-state index contributed by atoms with van der Waals surface area (Å²) in [5, 5.41) is 0. The van der Waals surface area contributed by atoms with Gasteiger partial charge in [-0.2, -0.15) is 0 Å². The zero-order valence-corrected chi connectivity index (χ0v) is 7.20. The van der Waals surface area contributed by atoms with Crippen LogP contribution in [-0.2, 0) is 19.1 Å². The van der Waals surface area contributed by atoms with Crippen LogP contribution in [0.3, 0.4) is 0 Å². The lowest BCUT2D eigenvalue weighted by Gasteiger charge is -2.11. The predicted molar refractivity (Wildman–Crippen MR) is 40.3 cm³/mol. The van der Waals surface area contributed by atoms with Gasteiger partial charge in [0.2, 0.25) is 0 Å². The molecule has 0 aromatic carbocycles. The summed E-state index contributed by atoms with van der Waals surface area (Å²) in [6.45, 7) is 3.43. The van der Waals surface area contributed by atoms with Crippen LogP contribution < -0.4 is 0 Å². The van der Waals surface area contributed by atoms with Crippen LogP contribution in [0.25, 0.3) is 0 Å². The Balaban J connectivity index is 2.33. The molecule has 1 rings (SSSR count). The maximum atomic E-state index is 10.7. The van der Waals surface area contributed by atoms with Crippen molar-refractivity contribution in [3.63, 3.8) is 0 Å². The topological polar surface area (TPSA) is 52.6 Å². The molecule has 1 fully saturated rings. The van der Waals surface area contributed by atoms with E-state index in [0.717, 1.165) is 0 Å². The highest BCUT2D eigenvalue weighted by atomic mass is 16.6. The lowest BCUT2D eigenvalue weighted by atomic mass is 10.0. The molecule has 0 spiro atoms. The monoisotopic (exact) mass is 172 g/mol. The minimum Gasteiger partial charge on any atom is -0.465 e. The fourth-order valence-corrected chi connectivity index (χ4v) is 1.15. The molecule has 1 aliphatic rings. The van der Waals surface area contributed by atoms with Gasteiger partial charge in [-0.25, -0.2) is 0 Å². The summed E-state index contributed by atoms with van der Waals surface area (Å²) < 4.78 is 9.65. The van der Waals surface area contributed by atoms with E-state index in [1.807, 2.05) is 0 Å². The molecule has 4 nitrogen and oxygen atoms in total. The minimum atomic E-state index is -0.318. The van der Waals surface area contributed by atoms with E-state index < -0.39 is 0 Å². The van der Waals surface area contributed by atoms with Crippen molar-refractivity contribution in [1.29, 1.82) is 0 Å². The fraction of sp³-hybridized carbons (Fsp3) is 0.750. The zero-order valence-electron chi connectivity index (χ0n) is 7.20. The van der Waals surface area contributed by atoms with Crippen LogP contribution in [-0.4, -0.2) is 24.6 Å². The summed E-state index contributed by atoms with van der Waals surface area (Å²) in [5.41, 5.74) is 0. The number of cyclic esters (lactones) is 1. The van der Waals surface area contributed by atoms with E-state index in [9.17, 15) is 9.59 Å². The van der Waals surface area contributed by atoms with E-state index in [1.54, 1.807) is 6.92 Å². The fourth-order valence-electron chi connectivity index (χ4n) is 1.15. The Labute approximate surface area is 70.8 Å². The number of rotatable bonds is 2. The van der Waals surface area contributed by atoms with Crippen molar-refractivity contribution in [3.8, 4) is 0 Å². The van der Waals surface area contributed by atoms with Gasteiger partial charge < -0.3 is 9.47 Å². The first-order chi connectivity index (χ1) is 5.59. The molecule has 12 heavy (non-hydrogen) atoms. The van der Waals surface area contributed by atoms with Crippen molar-refractivity contribution in [2.75, 3.05) is 6.61 Å². The summed E-state index contributed by atoms with van der Waals surface area (Å²) >= 11 is 0. The third-order valence-electron chi connectivity index (χ3n) is 1.91. The van der Waals surface area contributed by atoms with E-state index in [1.165, 1.54) is 6.92 Å². The molecule has 4 heteroatoms. The second-order valence-electron chi connectivity index (χ2n) is 2.96. The SMILES string of the molecule is CC(=O)OC[C@@H]1CC(=O)O[C@@H]1C. The van der Waals surface area contributed by atoms with Crippen molar-refractivity contribution in [1.82, 2.24) is 0 Å². The molecule has 0 radical (unpaired) electrons. The van der Waals surface area contributed by atoms with Crippen molar-refractivity contribution in [3.05, 3.63) is 0 Å². The van der Waals surface area contributed by atoms with Gasteiger partial charge in [-0.05, 0) is 6.92 Å². The first kappa shape index (κ1) is 9.03. The highest BCUT2D eigenvalue weighted by molar-refractivity contribution is 5.72. The molecule has 2 atom stereocenters. The normalized spacial score (nSPS) is 28.3. The molecule has 1 heterocycles. The summed E-state index contributed by atoms with van der Waals surface area (Å²) in [7, 11) is 0. The number of esters is 2. The highest BCUT2D eigenvalue weighted by Gasteiger charge is 2.31. The molecule has 0 saturated carbocycles. The molecule has 1 saturated heterocycles. The molecule has 0 aromatic heterocycles. The Morgan fingerprint density at radius 1 is 1.75 bits per heavy atom. The summed E-state index contributed by atoms with van der Waals surface area (Å²) in [6, 6.07) is 0. The molecule has 1 aliphatic heterocycles. The van der Waals surface area contributed by atoms with E-state index in [2.05, 4.69) is 0 Å². The van der Waals surface area contributed by atoms with Crippen LogP contribution in [0.2, 0.25) is 0 Å². The highest BCUT2D eigenvalue weighted by Crippen LogP contribution is 2.21. The van der Waals surface area contributed by atoms with Crippen LogP contribution in [0, 0.1) is 5.92 Å². The van der Waals surface area contributed by atoms with Crippen LogP contribution in [0.4, 0.5) is 0 Å². The third kappa shape index (κ3) is 2.22. The van der Waals surface area contributed by atoms with Gasteiger partial charge in [0.25, 0.3) is 0 Å². The van der Waals surface area contributed by atoms with E-state index in [-0.39, 0.29) is 30.6 Å². The van der Waals surface area contributed by atoms with Crippen LogP contribution in [0.15, 0.2) is 0 Å². The molecule has 68 valence electrons. The Bertz CT molecular complexity index is 199. The smallest absolute Gasteiger partial charge is 0.306 e. The zero-order chi connectivity index (χ0) is 9.14. The molecular formula is C8H12O4. The molecule has 0 amide bonds. The third-order valence-corrected chi connectivity index (χ3v) is 1.91. The van der Waals surface area contributed by atoms with Crippen molar-refractivity contribution < 1.29 is 19.1 Å². The average Bonchev–Trinajstić information content (AvgIpc) is 2.26. The molecule has 0 unspecified atom stereocenters. The maximum absolute atomic E-state index is 10.7. The standard InChI is InChI=1S/C8H12O4/c1-5-7(3-8(10)12-5)4-11-6(2)9/h5,7H,3-4H2,1-2H3/t5-,7+/m1/s1. The lowest BCUT2D eigenvalue weighted by molar-refractivity contribution is -0.142. The predicted octanol–water partition coefficient (Wildman–Crippen LogP) is 0.501. The second kappa shape index (κ2) is 3.56. The van der Waals surface area contributed by atoms with Gasteiger partial charge in [-0.1, -0.05) is 0 Å². The van der Waals surface area contributed by atoms with Crippen molar-refractivity contribution in [2.45, 2.75) is 26.4 Å². The van der Waals surface area contributed by atoms with Crippen LogP contribution in [0.1, 0.15) is 20.3 Å². The molecule has 0 N–H and O–H groups in total. The number of hydrogen-bond acceptors (Lipinski definition) is 4. The van der Waals surface area contributed by atoms with Gasteiger partial charge >= 0.3 is 11.9 Å². The number of ether oxygens (including phenoxy) is 2. The number of carbonyl (C=O) groups excluding carboxylic acids is 2. The largest absolute Gasteiger partial charge is 0.465 e. The Kier molecular flexibility index (Phi) is 2.68. The Morgan fingerprint density at radius 2 is 2.42 bits per heavy atom. The summed E-state index contributed by atoms with van der Waals surface area (Å²) in [4.78, 5) is 21.2. The summed E-state index contributed by atoms with van der Waals surface area (Å²) in [6.07, 6.45) is 0.228. The van der Waals surface area contributed by atoms with Gasteiger partial charge in [0, 0.05) is 12.8 Å². The average molecular weight is 172 g/mol. The van der Waals surface area contributed by atoms with Gasteiger partial charge in [0.1, 0.15) is 6.10 Å². The molecule has 0 aliphatic carbocycles. The lowest BCUT2D eigenvalue weighted by Crippen LogP contribution is -2.18. The van der Waals surface area contributed by atoms with Crippen LogP contribution >= 0.6 is 0 Å². The minimum absolute atomic E-state index is 0.0291.